The van der Waals surface area contributed by atoms with Crippen molar-refractivity contribution in [2.24, 2.45) is 7.05 Å². The van der Waals surface area contributed by atoms with Crippen molar-refractivity contribution in [1.82, 2.24) is 14.6 Å². The lowest BCUT2D eigenvalue weighted by molar-refractivity contribution is -0.132. The molecule has 0 saturated carbocycles. The van der Waals surface area contributed by atoms with Crippen molar-refractivity contribution in [3.8, 4) is 5.75 Å². The summed E-state index contributed by atoms with van der Waals surface area (Å²) < 4.78 is 12.9. The minimum atomic E-state index is -0.0811. The molecule has 0 unspecified atom stereocenters. The predicted octanol–water partition coefficient (Wildman–Crippen LogP) is 2.45. The van der Waals surface area contributed by atoms with Gasteiger partial charge in [-0.2, -0.15) is 0 Å². The minimum Gasteiger partial charge on any atom is -0.490 e. The summed E-state index contributed by atoms with van der Waals surface area (Å²) in [7, 11) is 1.74. The number of nitrogens with zero attached hydrogens (tertiary/aromatic N) is 3. The smallest absolute Gasteiger partial charge is 0.254 e. The Morgan fingerprint density at radius 3 is 2.75 bits per heavy atom. The highest BCUT2D eigenvalue weighted by atomic mass is 16.5. The molecule has 1 fully saturated rings. The lowest BCUT2D eigenvalue weighted by Crippen LogP contribution is -2.42. The first-order chi connectivity index (χ1) is 13.5. The minimum absolute atomic E-state index is 0.00318. The number of ether oxygens (including phenoxy) is 1. The van der Waals surface area contributed by atoms with Gasteiger partial charge in [0.15, 0.2) is 5.58 Å². The molecule has 3 aromatic rings. The van der Waals surface area contributed by atoms with E-state index in [0.29, 0.717) is 30.1 Å². The van der Waals surface area contributed by atoms with E-state index in [4.69, 9.17) is 9.26 Å². The summed E-state index contributed by atoms with van der Waals surface area (Å²) in [6, 6.07) is 10.9. The van der Waals surface area contributed by atoms with Gasteiger partial charge in [-0.3, -0.25) is 9.59 Å². The molecule has 7 nitrogen and oxygen atoms in total. The van der Waals surface area contributed by atoms with Crippen LogP contribution in [-0.4, -0.2) is 39.7 Å². The number of para-hydroxylation sites is 1. The highest BCUT2D eigenvalue weighted by Gasteiger charge is 2.25. The SMILES string of the molecule is Cc1cc(OC2CCN(C(=O)Cc3noc4ccccc34)CC2)cc(=O)n1C. The van der Waals surface area contributed by atoms with Gasteiger partial charge in [0, 0.05) is 50.1 Å². The number of hydrogen-bond donors (Lipinski definition) is 0. The van der Waals surface area contributed by atoms with E-state index in [9.17, 15) is 9.59 Å². The molecule has 1 aliphatic rings. The van der Waals surface area contributed by atoms with Crippen LogP contribution in [0.25, 0.3) is 11.0 Å². The molecule has 2 aromatic heterocycles. The molecule has 0 atom stereocenters. The maximum atomic E-state index is 12.7. The summed E-state index contributed by atoms with van der Waals surface area (Å²) in [6.45, 7) is 3.13. The van der Waals surface area contributed by atoms with Crippen molar-refractivity contribution < 1.29 is 14.1 Å². The Labute approximate surface area is 162 Å². The third-order valence-corrected chi connectivity index (χ3v) is 5.34. The van der Waals surface area contributed by atoms with Crippen LogP contribution >= 0.6 is 0 Å². The number of hydrogen-bond acceptors (Lipinski definition) is 5. The van der Waals surface area contributed by atoms with Crippen molar-refractivity contribution in [2.75, 3.05) is 13.1 Å². The fraction of sp³-hybridized carbons (Fsp3) is 0.381. The van der Waals surface area contributed by atoms with Crippen LogP contribution in [-0.2, 0) is 18.3 Å². The molecule has 1 saturated heterocycles. The van der Waals surface area contributed by atoms with Gasteiger partial charge in [-0.15, -0.1) is 0 Å². The molecule has 7 heteroatoms. The molecule has 3 heterocycles. The molecule has 1 aliphatic heterocycles. The van der Waals surface area contributed by atoms with Crippen LogP contribution in [0.2, 0.25) is 0 Å². The molecule has 0 aliphatic carbocycles. The zero-order chi connectivity index (χ0) is 19.7. The number of rotatable bonds is 4. The third kappa shape index (κ3) is 3.65. The van der Waals surface area contributed by atoms with E-state index >= 15 is 0 Å². The number of pyridine rings is 1. The van der Waals surface area contributed by atoms with Gasteiger partial charge in [0.25, 0.3) is 5.56 Å². The number of carbonyl (C=O) groups is 1. The summed E-state index contributed by atoms with van der Waals surface area (Å²) in [5, 5.41) is 4.93. The molecule has 0 radical (unpaired) electrons. The monoisotopic (exact) mass is 381 g/mol. The zero-order valence-corrected chi connectivity index (χ0v) is 16.1. The first-order valence-corrected chi connectivity index (χ1v) is 9.46. The number of aromatic nitrogens is 2. The molecule has 1 amide bonds. The first-order valence-electron chi connectivity index (χ1n) is 9.46. The van der Waals surface area contributed by atoms with Gasteiger partial charge >= 0.3 is 0 Å². The normalized spacial score (nSPS) is 15.1. The van der Waals surface area contributed by atoms with Crippen molar-refractivity contribution in [3.63, 3.8) is 0 Å². The molecule has 146 valence electrons. The molecular formula is C21H23N3O4. The number of piperidine rings is 1. The molecular weight excluding hydrogens is 358 g/mol. The molecule has 4 rings (SSSR count). The largest absolute Gasteiger partial charge is 0.490 e. The van der Waals surface area contributed by atoms with E-state index in [-0.39, 0.29) is 24.0 Å². The Morgan fingerprint density at radius 1 is 1.25 bits per heavy atom. The number of fused-ring (bicyclic) bond motifs is 1. The van der Waals surface area contributed by atoms with Crippen LogP contribution in [0.15, 0.2) is 45.7 Å². The molecule has 28 heavy (non-hydrogen) atoms. The van der Waals surface area contributed by atoms with E-state index < -0.39 is 0 Å². The number of carbonyl (C=O) groups excluding carboxylic acids is 1. The molecule has 0 spiro atoms. The Kier molecular flexibility index (Phi) is 4.90. The Bertz CT molecular complexity index is 1060. The average Bonchev–Trinajstić information content (AvgIpc) is 3.09. The van der Waals surface area contributed by atoms with Crippen LogP contribution in [0.1, 0.15) is 24.2 Å². The van der Waals surface area contributed by atoms with E-state index in [1.165, 1.54) is 6.07 Å². The van der Waals surface area contributed by atoms with E-state index in [1.54, 1.807) is 11.6 Å². The lowest BCUT2D eigenvalue weighted by atomic mass is 10.1. The maximum Gasteiger partial charge on any atom is 0.254 e. The van der Waals surface area contributed by atoms with Crippen molar-refractivity contribution >= 4 is 16.9 Å². The quantitative estimate of drug-likeness (QED) is 0.694. The fourth-order valence-electron chi connectivity index (χ4n) is 3.54. The number of likely N-dealkylation sites (tertiary alicyclic amines) is 1. The number of amides is 1. The summed E-state index contributed by atoms with van der Waals surface area (Å²) in [5.41, 5.74) is 2.15. The fourth-order valence-corrected chi connectivity index (χ4v) is 3.54. The second-order valence-electron chi connectivity index (χ2n) is 7.23. The summed E-state index contributed by atoms with van der Waals surface area (Å²) >= 11 is 0. The summed E-state index contributed by atoms with van der Waals surface area (Å²) in [5.74, 6) is 0.640. The second kappa shape index (κ2) is 7.50. The van der Waals surface area contributed by atoms with Gasteiger partial charge in [-0.1, -0.05) is 17.3 Å². The topological polar surface area (TPSA) is 77.6 Å². The van der Waals surface area contributed by atoms with Crippen LogP contribution < -0.4 is 10.3 Å². The van der Waals surface area contributed by atoms with Crippen LogP contribution in [0.3, 0.4) is 0 Å². The lowest BCUT2D eigenvalue weighted by Gasteiger charge is -2.32. The summed E-state index contributed by atoms with van der Waals surface area (Å²) in [4.78, 5) is 26.4. The predicted molar refractivity (Wildman–Crippen MR) is 104 cm³/mol. The van der Waals surface area contributed by atoms with Gasteiger partial charge in [-0.05, 0) is 25.1 Å². The van der Waals surface area contributed by atoms with E-state index in [1.807, 2.05) is 42.2 Å². The zero-order valence-electron chi connectivity index (χ0n) is 16.1. The van der Waals surface area contributed by atoms with Gasteiger partial charge < -0.3 is 18.7 Å². The van der Waals surface area contributed by atoms with Crippen LogP contribution in [0, 0.1) is 6.92 Å². The van der Waals surface area contributed by atoms with E-state index in [0.717, 1.165) is 23.9 Å². The van der Waals surface area contributed by atoms with E-state index in [2.05, 4.69) is 5.16 Å². The van der Waals surface area contributed by atoms with Gasteiger partial charge in [0.1, 0.15) is 17.5 Å². The van der Waals surface area contributed by atoms with Crippen LogP contribution in [0.4, 0.5) is 0 Å². The van der Waals surface area contributed by atoms with Crippen LogP contribution in [0.5, 0.6) is 5.75 Å². The van der Waals surface area contributed by atoms with Gasteiger partial charge in [-0.25, -0.2) is 0 Å². The van der Waals surface area contributed by atoms with Gasteiger partial charge in [0.2, 0.25) is 5.91 Å². The van der Waals surface area contributed by atoms with Crippen molar-refractivity contribution in [2.45, 2.75) is 32.3 Å². The Morgan fingerprint density at radius 2 is 2.00 bits per heavy atom. The highest BCUT2D eigenvalue weighted by molar-refractivity contribution is 5.86. The molecule has 1 aromatic carbocycles. The number of aryl methyl sites for hydroxylation is 1. The van der Waals surface area contributed by atoms with Crippen molar-refractivity contribution in [1.29, 1.82) is 0 Å². The molecule has 0 N–H and O–H groups in total. The second-order valence-corrected chi connectivity index (χ2v) is 7.23. The van der Waals surface area contributed by atoms with Crippen molar-refractivity contribution in [3.05, 3.63) is 58.1 Å². The average molecular weight is 381 g/mol. The molecule has 0 bridgehead atoms. The Balaban J connectivity index is 1.35. The summed E-state index contributed by atoms with van der Waals surface area (Å²) in [6.07, 6.45) is 1.71. The number of benzene rings is 1. The third-order valence-electron chi connectivity index (χ3n) is 5.34. The highest BCUT2D eigenvalue weighted by Crippen LogP contribution is 2.21. The van der Waals surface area contributed by atoms with Gasteiger partial charge in [0.05, 0.1) is 6.42 Å². The first kappa shape index (κ1) is 18.3. The maximum absolute atomic E-state index is 12.7. The Hall–Kier alpha value is -3.09. The standard InChI is InChI=1S/C21H23N3O4/c1-14-11-16(12-20(25)23(14)2)27-15-7-9-24(10-8-15)21(26)13-18-17-5-3-4-6-19(17)28-22-18/h3-6,11-12,15H,7-10,13H2,1-2H3.